The van der Waals surface area contributed by atoms with Gasteiger partial charge >= 0.3 is 0 Å². The minimum atomic E-state index is -0.484. The van der Waals surface area contributed by atoms with Crippen LogP contribution in [0.2, 0.25) is 5.02 Å². The first-order chi connectivity index (χ1) is 5.66. The largest absolute Gasteiger partial charge is 0.309 e. The summed E-state index contributed by atoms with van der Waals surface area (Å²) in [4.78, 5) is 3.21. The third-order valence-corrected chi connectivity index (χ3v) is 1.92. The fourth-order valence-corrected chi connectivity index (χ4v) is 1.09. The van der Waals surface area contributed by atoms with E-state index in [-0.39, 0.29) is 5.02 Å². The maximum absolute atomic E-state index is 13.2. The SMILES string of the molecule is [C-]#[N+]C(C)c1cccc(Cl)c1F. The summed E-state index contributed by atoms with van der Waals surface area (Å²) in [5.41, 5.74) is 0.359. The molecule has 0 spiro atoms. The van der Waals surface area contributed by atoms with Crippen molar-refractivity contribution >= 4 is 11.6 Å². The van der Waals surface area contributed by atoms with E-state index in [1.165, 1.54) is 6.07 Å². The molecular formula is C9H7ClFN. The number of halogens is 2. The molecule has 0 radical (unpaired) electrons. The van der Waals surface area contributed by atoms with Gasteiger partial charge in [-0.25, -0.2) is 11.0 Å². The standard InChI is InChI=1S/C9H7ClFN/c1-6(12-2)7-4-3-5-8(10)9(7)11/h3-6H,1H3. The molecule has 0 heterocycles. The normalized spacial score (nSPS) is 12.2. The second-order valence-corrected chi connectivity index (χ2v) is 2.86. The first kappa shape index (κ1) is 9.02. The van der Waals surface area contributed by atoms with Crippen LogP contribution in [0.1, 0.15) is 18.5 Å². The third-order valence-electron chi connectivity index (χ3n) is 1.63. The Kier molecular flexibility index (Phi) is 2.67. The van der Waals surface area contributed by atoms with Gasteiger partial charge in [-0.3, -0.25) is 0 Å². The van der Waals surface area contributed by atoms with Crippen molar-refractivity contribution in [3.63, 3.8) is 0 Å². The number of hydrogen-bond donors (Lipinski definition) is 0. The van der Waals surface area contributed by atoms with E-state index in [4.69, 9.17) is 18.2 Å². The molecule has 0 aliphatic rings. The van der Waals surface area contributed by atoms with E-state index in [2.05, 4.69) is 4.85 Å². The van der Waals surface area contributed by atoms with Gasteiger partial charge in [0.1, 0.15) is 0 Å². The Morgan fingerprint density at radius 2 is 2.25 bits per heavy atom. The molecule has 1 atom stereocenters. The highest BCUT2D eigenvalue weighted by Gasteiger charge is 2.15. The van der Waals surface area contributed by atoms with Gasteiger partial charge in [0, 0.05) is 6.92 Å². The van der Waals surface area contributed by atoms with Gasteiger partial charge in [-0.2, -0.15) is 0 Å². The number of nitrogens with zero attached hydrogens (tertiary/aromatic N) is 1. The highest BCUT2D eigenvalue weighted by atomic mass is 35.5. The molecule has 0 bridgehead atoms. The van der Waals surface area contributed by atoms with Gasteiger partial charge in [0.15, 0.2) is 5.82 Å². The van der Waals surface area contributed by atoms with E-state index in [1.807, 2.05) is 0 Å². The molecule has 1 aromatic rings. The van der Waals surface area contributed by atoms with Crippen LogP contribution in [-0.4, -0.2) is 0 Å². The Morgan fingerprint density at radius 3 is 2.83 bits per heavy atom. The average Bonchev–Trinajstić information content (AvgIpc) is 2.08. The summed E-state index contributed by atoms with van der Waals surface area (Å²) in [6.45, 7) is 8.37. The van der Waals surface area contributed by atoms with Crippen molar-refractivity contribution in [1.82, 2.24) is 0 Å². The topological polar surface area (TPSA) is 4.36 Å². The Labute approximate surface area is 75.6 Å². The number of hydrogen-bond acceptors (Lipinski definition) is 0. The van der Waals surface area contributed by atoms with Crippen LogP contribution < -0.4 is 0 Å². The minimum absolute atomic E-state index is 0.0722. The summed E-state index contributed by atoms with van der Waals surface area (Å²) >= 11 is 5.54. The predicted octanol–water partition coefficient (Wildman–Crippen LogP) is 3.46. The molecule has 0 aliphatic carbocycles. The lowest BCUT2D eigenvalue weighted by Gasteiger charge is -2.01. The molecule has 0 aliphatic heterocycles. The molecule has 1 rings (SSSR count). The van der Waals surface area contributed by atoms with Crippen molar-refractivity contribution in [3.8, 4) is 0 Å². The van der Waals surface area contributed by atoms with Crippen molar-refractivity contribution in [3.05, 3.63) is 46.0 Å². The quantitative estimate of drug-likeness (QED) is 0.588. The van der Waals surface area contributed by atoms with E-state index in [9.17, 15) is 4.39 Å². The van der Waals surface area contributed by atoms with Gasteiger partial charge in [-0.05, 0) is 12.1 Å². The first-order valence-corrected chi connectivity index (χ1v) is 3.85. The summed E-state index contributed by atoms with van der Waals surface area (Å²) in [6.07, 6.45) is 0. The molecule has 1 unspecified atom stereocenters. The molecule has 0 saturated carbocycles. The zero-order valence-electron chi connectivity index (χ0n) is 6.51. The fourth-order valence-electron chi connectivity index (χ4n) is 0.913. The average molecular weight is 184 g/mol. The zero-order valence-corrected chi connectivity index (χ0v) is 7.27. The van der Waals surface area contributed by atoms with Crippen LogP contribution in [0.5, 0.6) is 0 Å². The highest BCUT2D eigenvalue weighted by Crippen LogP contribution is 2.24. The summed E-state index contributed by atoms with van der Waals surface area (Å²) in [5.74, 6) is -0.484. The molecule has 3 heteroatoms. The molecule has 0 fully saturated rings. The van der Waals surface area contributed by atoms with Crippen molar-refractivity contribution in [2.75, 3.05) is 0 Å². The van der Waals surface area contributed by atoms with Crippen LogP contribution in [0.4, 0.5) is 4.39 Å². The van der Waals surface area contributed by atoms with E-state index in [0.29, 0.717) is 5.56 Å². The van der Waals surface area contributed by atoms with Crippen LogP contribution in [-0.2, 0) is 0 Å². The Hall–Kier alpha value is -1.07. The molecule has 0 aromatic heterocycles. The van der Waals surface area contributed by atoms with Crippen LogP contribution in [0, 0.1) is 12.4 Å². The van der Waals surface area contributed by atoms with E-state index in [0.717, 1.165) is 0 Å². The first-order valence-electron chi connectivity index (χ1n) is 3.47. The van der Waals surface area contributed by atoms with Gasteiger partial charge in [0.05, 0.1) is 10.6 Å². The van der Waals surface area contributed by atoms with Gasteiger partial charge in [-0.1, -0.05) is 17.7 Å². The van der Waals surface area contributed by atoms with Crippen molar-refractivity contribution in [2.45, 2.75) is 13.0 Å². The maximum Gasteiger partial charge on any atom is 0.248 e. The molecular weight excluding hydrogens is 177 g/mol. The maximum atomic E-state index is 13.2. The van der Waals surface area contributed by atoms with Crippen LogP contribution in [0.25, 0.3) is 4.85 Å². The van der Waals surface area contributed by atoms with Crippen LogP contribution in [0.3, 0.4) is 0 Å². The van der Waals surface area contributed by atoms with E-state index < -0.39 is 11.9 Å². The molecule has 12 heavy (non-hydrogen) atoms. The van der Waals surface area contributed by atoms with Crippen molar-refractivity contribution in [2.24, 2.45) is 0 Å². The lowest BCUT2D eigenvalue weighted by atomic mass is 10.1. The monoisotopic (exact) mass is 183 g/mol. The zero-order chi connectivity index (χ0) is 9.14. The van der Waals surface area contributed by atoms with E-state index in [1.54, 1.807) is 19.1 Å². The molecule has 1 nitrogen and oxygen atoms in total. The summed E-state index contributed by atoms with van der Waals surface area (Å²) in [7, 11) is 0. The van der Waals surface area contributed by atoms with Crippen LogP contribution >= 0.6 is 11.6 Å². The second-order valence-electron chi connectivity index (χ2n) is 2.45. The van der Waals surface area contributed by atoms with Gasteiger partial charge in [0.25, 0.3) is 0 Å². The Bertz CT molecular complexity index is 330. The molecule has 1 aromatic carbocycles. The van der Waals surface area contributed by atoms with Crippen LogP contribution in [0.15, 0.2) is 18.2 Å². The van der Waals surface area contributed by atoms with Gasteiger partial charge < -0.3 is 4.85 Å². The summed E-state index contributed by atoms with van der Waals surface area (Å²) in [5, 5.41) is 0.0722. The molecule has 0 amide bonds. The number of rotatable bonds is 1. The second kappa shape index (κ2) is 3.55. The van der Waals surface area contributed by atoms with Crippen molar-refractivity contribution < 1.29 is 4.39 Å². The minimum Gasteiger partial charge on any atom is -0.309 e. The highest BCUT2D eigenvalue weighted by molar-refractivity contribution is 6.30. The lowest BCUT2D eigenvalue weighted by Crippen LogP contribution is -1.92. The Balaban J connectivity index is 3.18. The van der Waals surface area contributed by atoms with Gasteiger partial charge in [-0.15, -0.1) is 0 Å². The predicted molar refractivity (Wildman–Crippen MR) is 46.4 cm³/mol. The summed E-state index contributed by atoms with van der Waals surface area (Å²) in [6, 6.07) is 4.22. The lowest BCUT2D eigenvalue weighted by molar-refractivity contribution is 0.605. The fraction of sp³-hybridized carbons (Fsp3) is 0.222. The Morgan fingerprint density at radius 1 is 1.58 bits per heavy atom. The van der Waals surface area contributed by atoms with Crippen molar-refractivity contribution in [1.29, 1.82) is 0 Å². The van der Waals surface area contributed by atoms with E-state index >= 15 is 0 Å². The molecule has 0 saturated heterocycles. The molecule has 0 N–H and O–H groups in total. The summed E-state index contributed by atoms with van der Waals surface area (Å²) < 4.78 is 13.2. The third kappa shape index (κ3) is 1.57. The van der Waals surface area contributed by atoms with Gasteiger partial charge in [0.2, 0.25) is 6.04 Å². The number of benzene rings is 1. The molecule has 62 valence electrons. The smallest absolute Gasteiger partial charge is 0.248 e.